The highest BCUT2D eigenvalue weighted by Crippen LogP contribution is 2.35. The average molecular weight is 425 g/mol. The molecule has 0 radical (unpaired) electrons. The predicted octanol–water partition coefficient (Wildman–Crippen LogP) is 3.45. The molecule has 11 heteroatoms. The highest BCUT2D eigenvalue weighted by molar-refractivity contribution is 5.81. The van der Waals surface area contributed by atoms with Gasteiger partial charge in [-0.2, -0.15) is 0 Å². The number of phenols is 1. The van der Waals surface area contributed by atoms with E-state index in [1.807, 2.05) is 11.9 Å². The summed E-state index contributed by atoms with van der Waals surface area (Å²) in [6.45, 7) is 1.03. The van der Waals surface area contributed by atoms with E-state index in [0.717, 1.165) is 12.1 Å². The van der Waals surface area contributed by atoms with Gasteiger partial charge in [0.2, 0.25) is 5.95 Å². The van der Waals surface area contributed by atoms with Crippen LogP contribution in [0.3, 0.4) is 0 Å². The summed E-state index contributed by atoms with van der Waals surface area (Å²) in [7, 11) is 1.84. The molecule has 1 saturated heterocycles. The molecule has 1 aliphatic heterocycles. The van der Waals surface area contributed by atoms with Gasteiger partial charge in [0.05, 0.1) is 5.52 Å². The molecule has 3 aromatic rings. The van der Waals surface area contributed by atoms with E-state index in [-0.39, 0.29) is 17.3 Å². The maximum absolute atomic E-state index is 13.9. The second kappa shape index (κ2) is 7.63. The molecule has 1 unspecified atom stereocenters. The number of nitrogens with zero attached hydrogens (tertiary/aromatic N) is 4. The van der Waals surface area contributed by atoms with Crippen LogP contribution in [0.4, 0.5) is 23.5 Å². The number of hydrogen-bond donors (Lipinski definition) is 2. The first-order valence-corrected chi connectivity index (χ1v) is 9.21. The summed E-state index contributed by atoms with van der Waals surface area (Å²) in [6.07, 6.45) is -3.73. The van der Waals surface area contributed by atoms with Crippen LogP contribution in [0.2, 0.25) is 0 Å². The number of likely N-dealkylation sites (tertiary alicyclic amines) is 1. The number of rotatable bonds is 4. The molecule has 2 N–H and O–H groups in total. The van der Waals surface area contributed by atoms with Crippen LogP contribution < -0.4 is 10.1 Å². The summed E-state index contributed by atoms with van der Waals surface area (Å²) in [5.41, 5.74) is 1.06. The lowest BCUT2D eigenvalue weighted by atomic mass is 10.1. The van der Waals surface area contributed by atoms with E-state index in [2.05, 4.69) is 20.3 Å². The number of benzene rings is 1. The summed E-state index contributed by atoms with van der Waals surface area (Å²) in [6, 6.07) is 6.57. The SMILES string of the molecule is CN1CC(Nc2nnc(-c3ccc(OC(F)(F)F)cc3O)c3cccn23)C[C@@H](F)C1. The van der Waals surface area contributed by atoms with Crippen LogP contribution in [-0.4, -0.2) is 63.3 Å². The van der Waals surface area contributed by atoms with Crippen molar-refractivity contribution in [1.29, 1.82) is 0 Å². The highest BCUT2D eigenvalue weighted by atomic mass is 19.4. The number of likely N-dealkylation sites (N-methyl/N-ethyl adjacent to an activating group) is 1. The minimum atomic E-state index is -4.86. The third kappa shape index (κ3) is 4.25. The Bertz CT molecular complexity index is 1050. The van der Waals surface area contributed by atoms with Gasteiger partial charge in [-0.15, -0.1) is 23.4 Å². The molecule has 0 aliphatic carbocycles. The number of hydrogen-bond acceptors (Lipinski definition) is 6. The molecule has 0 amide bonds. The summed E-state index contributed by atoms with van der Waals surface area (Å²) >= 11 is 0. The second-order valence-corrected chi connectivity index (χ2v) is 7.26. The molecule has 2 atom stereocenters. The smallest absolute Gasteiger partial charge is 0.507 e. The number of alkyl halides is 4. The fraction of sp³-hybridized carbons (Fsp3) is 0.368. The fourth-order valence-electron chi connectivity index (χ4n) is 3.69. The molecule has 0 spiro atoms. The normalized spacial score (nSPS) is 20.4. The zero-order chi connectivity index (χ0) is 21.5. The number of fused-ring (bicyclic) bond motifs is 1. The van der Waals surface area contributed by atoms with Crippen LogP contribution in [0, 0.1) is 0 Å². The molecule has 2 aromatic heterocycles. The highest BCUT2D eigenvalue weighted by Gasteiger charge is 2.31. The Morgan fingerprint density at radius 1 is 1.20 bits per heavy atom. The molecule has 1 fully saturated rings. The molecule has 30 heavy (non-hydrogen) atoms. The van der Waals surface area contributed by atoms with Crippen molar-refractivity contribution in [2.75, 3.05) is 25.5 Å². The monoisotopic (exact) mass is 425 g/mol. The second-order valence-electron chi connectivity index (χ2n) is 7.26. The van der Waals surface area contributed by atoms with E-state index >= 15 is 0 Å². The molecule has 7 nitrogen and oxygen atoms in total. The topological polar surface area (TPSA) is 74.9 Å². The van der Waals surface area contributed by atoms with E-state index in [1.54, 1.807) is 22.7 Å². The Labute approximate surface area is 168 Å². The molecule has 160 valence electrons. The fourth-order valence-corrected chi connectivity index (χ4v) is 3.69. The Morgan fingerprint density at radius 2 is 2.00 bits per heavy atom. The number of ether oxygens (including phenoxy) is 1. The van der Waals surface area contributed by atoms with Crippen molar-refractivity contribution in [3.8, 4) is 22.8 Å². The van der Waals surface area contributed by atoms with Crippen molar-refractivity contribution in [1.82, 2.24) is 19.5 Å². The lowest BCUT2D eigenvalue weighted by Gasteiger charge is -2.32. The van der Waals surface area contributed by atoms with Gasteiger partial charge in [-0.3, -0.25) is 4.40 Å². The van der Waals surface area contributed by atoms with Crippen molar-refractivity contribution in [2.24, 2.45) is 0 Å². The van der Waals surface area contributed by atoms with Gasteiger partial charge >= 0.3 is 6.36 Å². The first kappa shape index (κ1) is 20.2. The van der Waals surface area contributed by atoms with Gasteiger partial charge in [0.1, 0.15) is 23.4 Å². The zero-order valence-electron chi connectivity index (χ0n) is 15.9. The van der Waals surface area contributed by atoms with Crippen LogP contribution in [0.1, 0.15) is 6.42 Å². The minimum absolute atomic E-state index is 0.156. The van der Waals surface area contributed by atoms with Crippen molar-refractivity contribution in [2.45, 2.75) is 25.0 Å². The molecule has 0 saturated carbocycles. The van der Waals surface area contributed by atoms with Gasteiger partial charge < -0.3 is 20.1 Å². The Hall–Kier alpha value is -3.08. The third-order valence-corrected chi connectivity index (χ3v) is 4.84. The molecule has 1 aromatic carbocycles. The van der Waals surface area contributed by atoms with Crippen LogP contribution in [0.5, 0.6) is 11.5 Å². The maximum atomic E-state index is 13.9. The first-order chi connectivity index (χ1) is 14.2. The van der Waals surface area contributed by atoms with E-state index in [9.17, 15) is 22.7 Å². The molecule has 1 aliphatic rings. The third-order valence-electron chi connectivity index (χ3n) is 4.84. The number of aromatic nitrogens is 3. The van der Waals surface area contributed by atoms with Crippen molar-refractivity contribution in [3.05, 3.63) is 36.5 Å². The van der Waals surface area contributed by atoms with Crippen molar-refractivity contribution >= 4 is 11.5 Å². The molecule has 0 bridgehead atoms. The van der Waals surface area contributed by atoms with E-state index in [4.69, 9.17) is 0 Å². The molecular formula is C19H19F4N5O2. The predicted molar refractivity (Wildman–Crippen MR) is 101 cm³/mol. The van der Waals surface area contributed by atoms with Gasteiger partial charge in [0, 0.05) is 43.4 Å². The Balaban J connectivity index is 1.64. The van der Waals surface area contributed by atoms with Gasteiger partial charge in [-0.25, -0.2) is 4.39 Å². The first-order valence-electron chi connectivity index (χ1n) is 9.21. The zero-order valence-corrected chi connectivity index (χ0v) is 15.9. The maximum Gasteiger partial charge on any atom is 0.573 e. The van der Waals surface area contributed by atoms with Crippen LogP contribution in [-0.2, 0) is 0 Å². The number of halogens is 4. The van der Waals surface area contributed by atoms with E-state index < -0.39 is 24.0 Å². The van der Waals surface area contributed by atoms with Crippen LogP contribution in [0.15, 0.2) is 36.5 Å². The van der Waals surface area contributed by atoms with E-state index in [0.29, 0.717) is 31.0 Å². The van der Waals surface area contributed by atoms with Gasteiger partial charge in [-0.1, -0.05) is 0 Å². The summed E-state index contributed by atoms with van der Waals surface area (Å²) in [5, 5.41) is 21.8. The lowest BCUT2D eigenvalue weighted by molar-refractivity contribution is -0.274. The van der Waals surface area contributed by atoms with Gasteiger partial charge in [-0.05, 0) is 31.3 Å². The van der Waals surface area contributed by atoms with Gasteiger partial charge in [0.25, 0.3) is 0 Å². The number of nitrogens with one attached hydrogen (secondary N) is 1. The molecular weight excluding hydrogens is 406 g/mol. The Morgan fingerprint density at radius 3 is 2.70 bits per heavy atom. The van der Waals surface area contributed by atoms with Crippen molar-refractivity contribution < 1.29 is 27.4 Å². The van der Waals surface area contributed by atoms with E-state index in [1.165, 1.54) is 6.07 Å². The average Bonchev–Trinajstić information content (AvgIpc) is 3.11. The summed E-state index contributed by atoms with van der Waals surface area (Å²) < 4.78 is 56.5. The number of phenolic OH excluding ortho intramolecular Hbond substituents is 1. The molecule has 3 heterocycles. The largest absolute Gasteiger partial charge is 0.573 e. The quantitative estimate of drug-likeness (QED) is 0.624. The Kier molecular flexibility index (Phi) is 5.14. The van der Waals surface area contributed by atoms with Crippen LogP contribution >= 0.6 is 0 Å². The number of anilines is 1. The standard InChI is InChI=1S/C19H19F4N5O2/c1-27-9-11(20)7-12(10-27)24-18-26-25-17(15-3-2-6-28(15)18)14-5-4-13(8-16(14)29)30-19(21,22)23/h2-6,8,11-12,29H,7,9-10H2,1H3,(H,24,26)/t11-,12?/m1/s1. The van der Waals surface area contributed by atoms with Crippen LogP contribution in [0.25, 0.3) is 16.8 Å². The number of piperidine rings is 1. The lowest BCUT2D eigenvalue weighted by Crippen LogP contribution is -2.45. The van der Waals surface area contributed by atoms with Crippen molar-refractivity contribution in [3.63, 3.8) is 0 Å². The summed E-state index contributed by atoms with van der Waals surface area (Å²) in [5.74, 6) is -0.560. The molecule has 4 rings (SSSR count). The minimum Gasteiger partial charge on any atom is -0.507 e. The van der Waals surface area contributed by atoms with Gasteiger partial charge in [0.15, 0.2) is 0 Å². The summed E-state index contributed by atoms with van der Waals surface area (Å²) in [4.78, 5) is 1.89. The number of aromatic hydroxyl groups is 1.